The van der Waals surface area contributed by atoms with Crippen LogP contribution in [0.2, 0.25) is 14.8 Å². The van der Waals surface area contributed by atoms with Crippen molar-refractivity contribution in [2.75, 3.05) is 18.4 Å². The van der Waals surface area contributed by atoms with Crippen molar-refractivity contribution in [3.8, 4) is 0 Å². The molecule has 1 saturated heterocycles. The molecule has 6 nitrogen and oxygen atoms in total. The number of halogens is 3. The van der Waals surface area contributed by atoms with Gasteiger partial charge in [0.15, 0.2) is 0 Å². The van der Waals surface area contributed by atoms with E-state index in [2.05, 4.69) is 15.3 Å². The van der Waals surface area contributed by atoms with Crippen molar-refractivity contribution >= 4 is 34.1 Å². The molecule has 1 aromatic heterocycles. The molecule has 10 heteroatoms. The van der Waals surface area contributed by atoms with Gasteiger partial charge in [-0.1, -0.05) is 0 Å². The predicted octanol–water partition coefficient (Wildman–Crippen LogP) is 4.10. The molecule has 0 aliphatic carbocycles. The van der Waals surface area contributed by atoms with E-state index in [1.54, 1.807) is 4.90 Å². The van der Waals surface area contributed by atoms with Crippen molar-refractivity contribution in [1.29, 1.82) is 0 Å². The third kappa shape index (κ3) is 6.61. The molecule has 0 aromatic carbocycles. The van der Waals surface area contributed by atoms with E-state index in [0.717, 1.165) is 6.20 Å². The number of likely N-dealkylation sites (tertiary alicyclic amines) is 1. The van der Waals surface area contributed by atoms with Crippen molar-refractivity contribution < 1.29 is 22.7 Å². The second-order valence-electron chi connectivity index (χ2n) is 9.65. The molecule has 2 atom stereocenters. The predicted molar refractivity (Wildman–Crippen MR) is 109 cm³/mol. The number of alkyl halides is 3. The van der Waals surface area contributed by atoms with E-state index in [1.807, 2.05) is 42.5 Å². The summed E-state index contributed by atoms with van der Waals surface area (Å²) in [6.07, 6.45) is -3.27. The van der Waals surface area contributed by atoms with E-state index in [-0.39, 0.29) is 27.7 Å². The van der Waals surface area contributed by atoms with E-state index in [4.69, 9.17) is 4.74 Å². The van der Waals surface area contributed by atoms with Crippen LogP contribution in [-0.4, -0.2) is 64.1 Å². The summed E-state index contributed by atoms with van der Waals surface area (Å²) >= 11 is -3.12. The summed E-state index contributed by atoms with van der Waals surface area (Å²) < 4.78 is 45.6. The van der Waals surface area contributed by atoms with Gasteiger partial charge in [-0.05, 0) is 0 Å². The number of amides is 1. The Hall–Kier alpha value is -1.26. The normalized spacial score (nSPS) is 21.1. The molecule has 0 saturated carbocycles. The van der Waals surface area contributed by atoms with Crippen molar-refractivity contribution in [3.63, 3.8) is 0 Å². The number of anilines is 1. The van der Waals surface area contributed by atoms with Crippen molar-refractivity contribution in [3.05, 3.63) is 11.8 Å². The second-order valence-corrected chi connectivity index (χ2v) is 23.8. The number of carbonyl (C=O) groups excluding carboxylic acids is 1. The Morgan fingerprint density at radius 2 is 1.90 bits per heavy atom. The first-order valence-electron chi connectivity index (χ1n) is 9.77. The molecule has 164 valence electrons. The number of aromatic nitrogens is 2. The molecule has 0 radical (unpaired) electrons. The Morgan fingerprint density at radius 3 is 2.38 bits per heavy atom. The summed E-state index contributed by atoms with van der Waals surface area (Å²) in [4.78, 5) is 27.9. The number of hydrogen-bond donors (Lipinski definition) is 1. The zero-order chi connectivity index (χ0) is 22.2. The van der Waals surface area contributed by atoms with Gasteiger partial charge in [0.2, 0.25) is 0 Å². The average Bonchev–Trinajstić information content (AvgIpc) is 2.53. The number of hydrogen-bond acceptors (Lipinski definition) is 5. The zero-order valence-corrected chi connectivity index (χ0v) is 21.0. The second kappa shape index (κ2) is 8.47. The van der Waals surface area contributed by atoms with Crippen LogP contribution in [0.3, 0.4) is 0 Å². The Labute approximate surface area is 174 Å². The maximum atomic E-state index is 13.4. The zero-order valence-electron chi connectivity index (χ0n) is 18.1. The average molecular weight is 523 g/mol. The van der Waals surface area contributed by atoms with Gasteiger partial charge < -0.3 is 0 Å². The summed E-state index contributed by atoms with van der Waals surface area (Å²) in [5.41, 5.74) is -1.28. The van der Waals surface area contributed by atoms with Gasteiger partial charge in [0.25, 0.3) is 0 Å². The third-order valence-electron chi connectivity index (χ3n) is 4.68. The summed E-state index contributed by atoms with van der Waals surface area (Å²) in [7, 11) is 0. The van der Waals surface area contributed by atoms with Crippen LogP contribution in [0.5, 0.6) is 0 Å². The quantitative estimate of drug-likeness (QED) is 0.605. The van der Waals surface area contributed by atoms with Crippen LogP contribution in [0.4, 0.5) is 23.9 Å². The van der Waals surface area contributed by atoms with Gasteiger partial charge in [0.1, 0.15) is 0 Å². The van der Waals surface area contributed by atoms with E-state index >= 15 is 0 Å². The number of piperidine rings is 1. The van der Waals surface area contributed by atoms with Gasteiger partial charge in [0.05, 0.1) is 0 Å². The van der Waals surface area contributed by atoms with Crippen molar-refractivity contribution in [1.82, 2.24) is 14.9 Å². The molecule has 1 N–H and O–H groups in total. The van der Waals surface area contributed by atoms with Crippen LogP contribution < -0.4 is 9.03 Å². The standard InChI is InChI=1S/C16H22F3N4O2.3CH3.Sn/c1-10-9-23(14(24)25-15(2,3)4)6-5-12(10)22-13-20-7-11(8-21-13)16(17,18)19;;;;/h7,10,12H,5-6,9H2,1-4H3,(H,20,21,22);3*1H3;. The molecular weight excluding hydrogens is 492 g/mol. The molecule has 1 aliphatic heterocycles. The van der Waals surface area contributed by atoms with Gasteiger partial charge in [0, 0.05) is 0 Å². The van der Waals surface area contributed by atoms with Gasteiger partial charge in [-0.2, -0.15) is 0 Å². The molecule has 0 bridgehead atoms. The molecule has 1 amide bonds. The molecule has 1 aromatic rings. The Morgan fingerprint density at radius 1 is 1.28 bits per heavy atom. The molecule has 1 aliphatic rings. The summed E-state index contributed by atoms with van der Waals surface area (Å²) in [5, 5.41) is 3.19. The van der Waals surface area contributed by atoms with Gasteiger partial charge in [-0.3, -0.25) is 0 Å². The Bertz CT molecular complexity index is 744. The monoisotopic (exact) mass is 524 g/mol. The number of ether oxygens (including phenoxy) is 1. The first kappa shape index (κ1) is 24.0. The molecule has 2 heterocycles. The number of nitrogens with zero attached hydrogens (tertiary/aromatic N) is 3. The minimum absolute atomic E-state index is 0.0339. The van der Waals surface area contributed by atoms with Crippen LogP contribution in [0, 0.1) is 5.92 Å². The van der Waals surface area contributed by atoms with Crippen molar-refractivity contribution in [2.24, 2.45) is 5.92 Å². The SMILES string of the molecule is CC1CN(C(=O)OC(C)(C)C)CCC1Nc1ncc(C(F)(F)F)[c]([Sn]([CH3])([CH3])[CH3])n1. The van der Waals surface area contributed by atoms with E-state index in [9.17, 15) is 18.0 Å². The molecular formula is C19H31F3N4O2Sn. The fourth-order valence-corrected chi connectivity index (χ4v) is 7.40. The molecule has 2 unspecified atom stereocenters. The molecule has 2 rings (SSSR count). The van der Waals surface area contributed by atoms with Crippen LogP contribution in [0.25, 0.3) is 0 Å². The minimum atomic E-state index is -4.45. The van der Waals surface area contributed by atoms with Gasteiger partial charge >= 0.3 is 175 Å². The summed E-state index contributed by atoms with van der Waals surface area (Å²) in [6.45, 7) is 8.46. The Balaban J connectivity index is 2.12. The molecule has 29 heavy (non-hydrogen) atoms. The van der Waals surface area contributed by atoms with E-state index in [0.29, 0.717) is 19.5 Å². The topological polar surface area (TPSA) is 67.3 Å². The van der Waals surface area contributed by atoms with Crippen LogP contribution in [0.15, 0.2) is 6.20 Å². The maximum absolute atomic E-state index is 13.4. The number of carbonyl (C=O) groups is 1. The van der Waals surface area contributed by atoms with Crippen LogP contribution in [0.1, 0.15) is 39.7 Å². The summed E-state index contributed by atoms with van der Waals surface area (Å²) in [5.74, 6) is 0.297. The van der Waals surface area contributed by atoms with Gasteiger partial charge in [-0.25, -0.2) is 0 Å². The van der Waals surface area contributed by atoms with Crippen LogP contribution >= 0.6 is 0 Å². The fourth-order valence-electron chi connectivity index (χ4n) is 3.25. The van der Waals surface area contributed by atoms with Gasteiger partial charge in [-0.15, -0.1) is 0 Å². The van der Waals surface area contributed by atoms with E-state index < -0.39 is 35.7 Å². The first-order valence-corrected chi connectivity index (χ1v) is 19.8. The first-order chi connectivity index (χ1) is 13.1. The fraction of sp³-hybridized carbons (Fsp3) is 0.737. The molecule has 0 spiro atoms. The van der Waals surface area contributed by atoms with Crippen molar-refractivity contribution in [2.45, 2.75) is 66.8 Å². The van der Waals surface area contributed by atoms with Crippen LogP contribution in [-0.2, 0) is 10.9 Å². The number of rotatable bonds is 3. The van der Waals surface area contributed by atoms with E-state index in [1.165, 1.54) is 0 Å². The third-order valence-corrected chi connectivity index (χ3v) is 9.82. The summed E-state index contributed by atoms with van der Waals surface area (Å²) in [6, 6.07) is -0.0339. The Kier molecular flexibility index (Phi) is 7.01. The number of nitrogens with one attached hydrogen (secondary N) is 1. The molecule has 1 fully saturated rings.